The molecule has 0 aliphatic carbocycles. The zero-order chi connectivity index (χ0) is 19.5. The number of rotatable bonds is 5. The lowest BCUT2D eigenvalue weighted by molar-refractivity contribution is -0.605. The van der Waals surface area contributed by atoms with Crippen LogP contribution in [-0.2, 0) is 9.53 Å². The molecule has 0 unspecified atom stereocenters. The van der Waals surface area contributed by atoms with Gasteiger partial charge in [-0.1, -0.05) is 12.1 Å². The van der Waals surface area contributed by atoms with Gasteiger partial charge in [0.25, 0.3) is 5.91 Å². The zero-order valence-electron chi connectivity index (χ0n) is 14.6. The third kappa shape index (κ3) is 3.80. The Morgan fingerprint density at radius 1 is 1.18 bits per heavy atom. The standard InChI is InChI=1S/C19H15N3O4S2/c23-18(12-26-19(24)13-5-7-21(25)8-6-13)22-15(17-4-2-10-28-17)11-14(20-22)16-3-1-9-27-16/h1-10,15H,11-12H2/t15-/m0/s1. The van der Waals surface area contributed by atoms with E-state index in [1.807, 2.05) is 35.0 Å². The molecule has 0 fully saturated rings. The van der Waals surface area contributed by atoms with Crippen LogP contribution in [0.2, 0.25) is 0 Å². The summed E-state index contributed by atoms with van der Waals surface area (Å²) in [4.78, 5) is 26.9. The van der Waals surface area contributed by atoms with Gasteiger partial charge >= 0.3 is 5.97 Å². The number of carbonyl (C=O) groups excluding carboxylic acids is 2. The van der Waals surface area contributed by atoms with Gasteiger partial charge in [-0.05, 0) is 22.9 Å². The van der Waals surface area contributed by atoms with E-state index >= 15 is 0 Å². The summed E-state index contributed by atoms with van der Waals surface area (Å²) >= 11 is 3.13. The van der Waals surface area contributed by atoms with E-state index in [9.17, 15) is 14.8 Å². The number of carbonyl (C=O) groups is 2. The molecule has 142 valence electrons. The second kappa shape index (κ2) is 7.91. The average molecular weight is 413 g/mol. The van der Waals surface area contributed by atoms with Crippen molar-refractivity contribution in [3.8, 4) is 0 Å². The van der Waals surface area contributed by atoms with Crippen molar-refractivity contribution in [3.05, 3.63) is 80.1 Å². The van der Waals surface area contributed by atoms with E-state index in [2.05, 4.69) is 5.10 Å². The molecular formula is C19H15N3O4S2. The van der Waals surface area contributed by atoms with Crippen LogP contribution in [0.1, 0.15) is 32.6 Å². The third-order valence-corrected chi connectivity index (χ3v) is 6.10. The van der Waals surface area contributed by atoms with Gasteiger partial charge in [-0.3, -0.25) is 4.79 Å². The van der Waals surface area contributed by atoms with E-state index in [0.29, 0.717) is 11.2 Å². The first-order valence-corrected chi connectivity index (χ1v) is 10.2. The molecule has 1 aliphatic heterocycles. The summed E-state index contributed by atoms with van der Waals surface area (Å²) in [5.74, 6) is -1.06. The van der Waals surface area contributed by atoms with Crippen molar-refractivity contribution in [1.29, 1.82) is 0 Å². The van der Waals surface area contributed by atoms with Gasteiger partial charge in [0.2, 0.25) is 0 Å². The molecule has 0 radical (unpaired) electrons. The topological polar surface area (TPSA) is 85.9 Å². The highest BCUT2D eigenvalue weighted by atomic mass is 32.1. The molecule has 0 saturated carbocycles. The quantitative estimate of drug-likeness (QED) is 0.366. The van der Waals surface area contributed by atoms with Gasteiger partial charge < -0.3 is 9.94 Å². The molecule has 0 aromatic carbocycles. The number of ether oxygens (including phenoxy) is 1. The van der Waals surface area contributed by atoms with Crippen LogP contribution in [0, 0.1) is 5.21 Å². The molecule has 1 amide bonds. The van der Waals surface area contributed by atoms with E-state index in [0.717, 1.165) is 15.5 Å². The normalized spacial score (nSPS) is 16.1. The maximum Gasteiger partial charge on any atom is 0.339 e. The molecular weight excluding hydrogens is 398 g/mol. The van der Waals surface area contributed by atoms with E-state index in [4.69, 9.17) is 4.74 Å². The summed E-state index contributed by atoms with van der Waals surface area (Å²) in [6.45, 7) is -0.422. The monoisotopic (exact) mass is 413 g/mol. The Balaban J connectivity index is 1.48. The summed E-state index contributed by atoms with van der Waals surface area (Å²) in [6.07, 6.45) is 3.01. The Labute approximate surface area is 168 Å². The minimum absolute atomic E-state index is 0.207. The van der Waals surface area contributed by atoms with Crippen LogP contribution in [0.5, 0.6) is 0 Å². The molecule has 0 N–H and O–H groups in total. The van der Waals surface area contributed by atoms with Crippen LogP contribution in [-0.4, -0.2) is 29.2 Å². The number of nitrogens with zero attached hydrogens (tertiary/aromatic N) is 3. The second-order valence-electron chi connectivity index (χ2n) is 6.02. The summed E-state index contributed by atoms with van der Waals surface area (Å²) in [5.41, 5.74) is 1.05. The number of aromatic nitrogens is 1. The van der Waals surface area contributed by atoms with Gasteiger partial charge in [0.05, 0.1) is 22.2 Å². The van der Waals surface area contributed by atoms with E-state index < -0.39 is 18.5 Å². The van der Waals surface area contributed by atoms with Gasteiger partial charge in [-0.2, -0.15) is 9.83 Å². The number of hydrazone groups is 1. The molecule has 0 spiro atoms. The first-order valence-electron chi connectivity index (χ1n) is 8.44. The van der Waals surface area contributed by atoms with Crippen molar-refractivity contribution in [1.82, 2.24) is 5.01 Å². The van der Waals surface area contributed by atoms with Crippen molar-refractivity contribution < 1.29 is 19.1 Å². The Morgan fingerprint density at radius 2 is 1.93 bits per heavy atom. The number of hydrogen-bond acceptors (Lipinski definition) is 7. The van der Waals surface area contributed by atoms with Gasteiger partial charge in [0.15, 0.2) is 19.0 Å². The van der Waals surface area contributed by atoms with E-state index in [-0.39, 0.29) is 11.6 Å². The van der Waals surface area contributed by atoms with Gasteiger partial charge in [0.1, 0.15) is 0 Å². The lowest BCUT2D eigenvalue weighted by Crippen LogP contribution is -2.31. The first kappa shape index (κ1) is 18.3. The van der Waals surface area contributed by atoms with E-state index in [1.54, 1.807) is 22.7 Å². The maximum absolute atomic E-state index is 12.8. The summed E-state index contributed by atoms with van der Waals surface area (Å²) < 4.78 is 5.70. The van der Waals surface area contributed by atoms with Gasteiger partial charge in [-0.15, -0.1) is 22.7 Å². The molecule has 7 nitrogen and oxygen atoms in total. The lowest BCUT2D eigenvalue weighted by atomic mass is 10.1. The Bertz CT molecular complexity index is 999. The van der Waals surface area contributed by atoms with Gasteiger partial charge in [-0.25, -0.2) is 9.80 Å². The average Bonchev–Trinajstić information content (AvgIpc) is 3.46. The molecule has 28 heavy (non-hydrogen) atoms. The van der Waals surface area contributed by atoms with Crippen LogP contribution in [0.3, 0.4) is 0 Å². The molecule has 4 heterocycles. The number of pyridine rings is 1. The largest absolute Gasteiger partial charge is 0.619 e. The smallest absolute Gasteiger partial charge is 0.339 e. The number of hydrogen-bond donors (Lipinski definition) is 0. The number of amides is 1. The van der Waals surface area contributed by atoms with Crippen LogP contribution < -0.4 is 4.73 Å². The highest BCUT2D eigenvalue weighted by Crippen LogP contribution is 2.35. The molecule has 1 aliphatic rings. The predicted octanol–water partition coefficient (Wildman–Crippen LogP) is 2.98. The molecule has 0 saturated heterocycles. The fourth-order valence-corrected chi connectivity index (χ4v) is 4.39. The molecule has 1 atom stereocenters. The Morgan fingerprint density at radius 3 is 2.61 bits per heavy atom. The highest BCUT2D eigenvalue weighted by molar-refractivity contribution is 7.12. The molecule has 0 bridgehead atoms. The van der Waals surface area contributed by atoms with Crippen LogP contribution in [0.25, 0.3) is 0 Å². The van der Waals surface area contributed by atoms with Crippen molar-refractivity contribution >= 4 is 40.3 Å². The second-order valence-corrected chi connectivity index (χ2v) is 7.95. The highest BCUT2D eigenvalue weighted by Gasteiger charge is 2.34. The summed E-state index contributed by atoms with van der Waals surface area (Å²) in [5, 5.41) is 20.9. The van der Waals surface area contributed by atoms with Gasteiger partial charge in [0, 0.05) is 23.4 Å². The minimum Gasteiger partial charge on any atom is -0.619 e. The minimum atomic E-state index is -0.664. The SMILES string of the molecule is O=C(OCC(=O)N1N=C(c2cccs2)C[C@H]1c1cccs1)c1cc[n+]([O-])cc1. The number of thiophene rings is 2. The molecule has 3 aromatic heterocycles. The fraction of sp³-hybridized carbons (Fsp3) is 0.158. The number of esters is 1. The van der Waals surface area contributed by atoms with Crippen LogP contribution in [0.4, 0.5) is 0 Å². The lowest BCUT2D eigenvalue weighted by Gasteiger charge is -2.20. The maximum atomic E-state index is 12.8. The third-order valence-electron chi connectivity index (χ3n) is 4.21. The fourth-order valence-electron chi connectivity index (χ4n) is 2.86. The zero-order valence-corrected chi connectivity index (χ0v) is 16.2. The molecule has 9 heteroatoms. The molecule has 4 rings (SSSR count). The Kier molecular flexibility index (Phi) is 5.18. The van der Waals surface area contributed by atoms with Crippen molar-refractivity contribution in [2.75, 3.05) is 6.61 Å². The first-order chi connectivity index (χ1) is 13.6. The van der Waals surface area contributed by atoms with Crippen molar-refractivity contribution in [2.45, 2.75) is 12.5 Å². The predicted molar refractivity (Wildman–Crippen MR) is 105 cm³/mol. The van der Waals surface area contributed by atoms with Crippen LogP contribution in [0.15, 0.2) is 64.7 Å². The van der Waals surface area contributed by atoms with E-state index in [1.165, 1.54) is 29.5 Å². The Hall–Kier alpha value is -3.04. The molecule has 3 aromatic rings. The summed E-state index contributed by atoms with van der Waals surface area (Å²) in [6, 6.07) is 10.3. The van der Waals surface area contributed by atoms with Crippen molar-refractivity contribution in [3.63, 3.8) is 0 Å². The van der Waals surface area contributed by atoms with Crippen molar-refractivity contribution in [2.24, 2.45) is 5.10 Å². The summed E-state index contributed by atoms with van der Waals surface area (Å²) in [7, 11) is 0. The van der Waals surface area contributed by atoms with Crippen LogP contribution >= 0.6 is 22.7 Å².